The molecule has 5 nitrogen and oxygen atoms in total. The molecule has 0 aliphatic rings. The van der Waals surface area contributed by atoms with Crippen LogP contribution < -0.4 is 10.1 Å². The molecular weight excluding hydrogens is 387 g/mol. The second-order valence-electron chi connectivity index (χ2n) is 6.04. The van der Waals surface area contributed by atoms with Crippen molar-refractivity contribution in [3.05, 3.63) is 63.6 Å². The molecule has 0 heterocycles. The van der Waals surface area contributed by atoms with Gasteiger partial charge >= 0.3 is 0 Å². The van der Waals surface area contributed by atoms with E-state index in [1.165, 1.54) is 11.9 Å². The highest BCUT2D eigenvalue weighted by Crippen LogP contribution is 2.27. The predicted octanol–water partition coefficient (Wildman–Crippen LogP) is 3.71. The number of ether oxygens (including phenoxy) is 1. The van der Waals surface area contributed by atoms with Crippen molar-refractivity contribution >= 4 is 35.0 Å². The number of nitrogens with zero attached hydrogens (tertiary/aromatic N) is 1. The molecule has 0 aliphatic carbocycles. The Morgan fingerprint density at radius 3 is 2.22 bits per heavy atom. The quantitative estimate of drug-likeness (QED) is 0.759. The van der Waals surface area contributed by atoms with E-state index in [9.17, 15) is 9.59 Å². The molecule has 1 N–H and O–H groups in total. The largest absolute Gasteiger partial charge is 0.497 e. The molecule has 27 heavy (non-hydrogen) atoms. The molecule has 0 spiro atoms. The molecule has 0 aliphatic heterocycles. The van der Waals surface area contributed by atoms with Crippen LogP contribution in [-0.4, -0.2) is 36.9 Å². The van der Waals surface area contributed by atoms with Crippen molar-refractivity contribution in [3.63, 3.8) is 0 Å². The van der Waals surface area contributed by atoms with Crippen LogP contribution in [0.2, 0.25) is 10.0 Å². The summed E-state index contributed by atoms with van der Waals surface area (Å²) in [4.78, 5) is 26.6. The number of methoxy groups -OCH3 is 1. The van der Waals surface area contributed by atoms with Crippen LogP contribution >= 0.6 is 23.2 Å². The molecule has 2 amide bonds. The van der Waals surface area contributed by atoms with Crippen LogP contribution in [0.15, 0.2) is 42.5 Å². The van der Waals surface area contributed by atoms with E-state index in [4.69, 9.17) is 27.9 Å². The monoisotopic (exact) mass is 408 g/mol. The van der Waals surface area contributed by atoms with E-state index in [-0.39, 0.29) is 24.8 Å². The fourth-order valence-electron chi connectivity index (χ4n) is 2.66. The van der Waals surface area contributed by atoms with Gasteiger partial charge in [0.25, 0.3) is 0 Å². The van der Waals surface area contributed by atoms with Crippen molar-refractivity contribution in [2.45, 2.75) is 25.9 Å². The molecule has 144 valence electrons. The number of hydrogen-bond acceptors (Lipinski definition) is 3. The Bertz CT molecular complexity index is 789. The van der Waals surface area contributed by atoms with Crippen LogP contribution in [0.1, 0.15) is 18.1 Å². The minimum absolute atomic E-state index is 0.141. The Balaban J connectivity index is 2.27. The van der Waals surface area contributed by atoms with Gasteiger partial charge in [0.05, 0.1) is 13.5 Å². The molecule has 1 atom stereocenters. The number of carbonyl (C=O) groups excluding carboxylic acids is 2. The minimum atomic E-state index is -0.673. The highest BCUT2D eigenvalue weighted by molar-refractivity contribution is 6.36. The maximum absolute atomic E-state index is 13.0. The van der Waals surface area contributed by atoms with E-state index in [0.717, 1.165) is 5.56 Å². The first-order valence-electron chi connectivity index (χ1n) is 8.44. The first-order chi connectivity index (χ1) is 12.9. The summed E-state index contributed by atoms with van der Waals surface area (Å²) in [6, 6.07) is 11.7. The third kappa shape index (κ3) is 5.37. The van der Waals surface area contributed by atoms with Gasteiger partial charge < -0.3 is 15.0 Å². The summed E-state index contributed by atoms with van der Waals surface area (Å²) in [5.41, 5.74) is 1.43. The van der Waals surface area contributed by atoms with Crippen molar-refractivity contribution in [1.29, 1.82) is 0 Å². The number of amides is 2. The number of hydrogen-bond donors (Lipinski definition) is 1. The summed E-state index contributed by atoms with van der Waals surface area (Å²) in [6.45, 7) is 1.82. The van der Waals surface area contributed by atoms with Gasteiger partial charge in [-0.15, -0.1) is 0 Å². The van der Waals surface area contributed by atoms with Gasteiger partial charge in [-0.2, -0.15) is 0 Å². The van der Waals surface area contributed by atoms with Gasteiger partial charge in [-0.1, -0.05) is 41.4 Å². The molecule has 2 rings (SSSR count). The number of benzene rings is 2. The number of halogens is 2. The molecule has 0 radical (unpaired) electrons. The smallest absolute Gasteiger partial charge is 0.242 e. The van der Waals surface area contributed by atoms with Gasteiger partial charge in [-0.3, -0.25) is 9.59 Å². The molecule has 0 unspecified atom stereocenters. The van der Waals surface area contributed by atoms with Gasteiger partial charge in [0.15, 0.2) is 0 Å². The summed E-state index contributed by atoms with van der Waals surface area (Å²) in [7, 11) is 3.12. The lowest BCUT2D eigenvalue weighted by atomic mass is 10.1. The molecule has 0 bridgehead atoms. The fourth-order valence-corrected chi connectivity index (χ4v) is 3.18. The average Bonchev–Trinajstić information content (AvgIpc) is 2.67. The van der Waals surface area contributed by atoms with E-state index in [0.29, 0.717) is 21.4 Å². The van der Waals surface area contributed by atoms with Crippen LogP contribution in [0, 0.1) is 0 Å². The molecule has 0 saturated heterocycles. The molecule has 0 aromatic heterocycles. The zero-order valence-electron chi connectivity index (χ0n) is 15.5. The number of rotatable bonds is 7. The van der Waals surface area contributed by atoms with Crippen LogP contribution in [-0.2, 0) is 22.6 Å². The van der Waals surface area contributed by atoms with Crippen molar-refractivity contribution in [2.24, 2.45) is 0 Å². The first kappa shape index (κ1) is 21.1. The molecule has 2 aromatic carbocycles. The number of carbonyl (C=O) groups is 2. The van der Waals surface area contributed by atoms with Gasteiger partial charge in [0.2, 0.25) is 11.8 Å². The van der Waals surface area contributed by atoms with Crippen LogP contribution in [0.25, 0.3) is 0 Å². The van der Waals surface area contributed by atoms with Gasteiger partial charge in [-0.25, -0.2) is 0 Å². The number of nitrogens with one attached hydrogen (secondary N) is 1. The average molecular weight is 409 g/mol. The zero-order chi connectivity index (χ0) is 20.0. The second kappa shape index (κ2) is 9.62. The van der Waals surface area contributed by atoms with E-state index < -0.39 is 6.04 Å². The number of likely N-dealkylation sites (N-methyl/N-ethyl adjacent to an activating group) is 1. The van der Waals surface area contributed by atoms with Crippen LogP contribution in [0.5, 0.6) is 5.75 Å². The highest BCUT2D eigenvalue weighted by Gasteiger charge is 2.26. The highest BCUT2D eigenvalue weighted by atomic mass is 35.5. The standard InChI is InChI=1S/C20H22Cl2N2O3/c1-13(20(26)23-2)24(12-16-17(21)5-4-6-18(16)22)19(25)11-14-7-9-15(27-3)10-8-14/h4-10,13H,11-12H2,1-3H3,(H,23,26)/t13-/m0/s1. The second-order valence-corrected chi connectivity index (χ2v) is 6.85. The Labute approximate surface area is 169 Å². The van der Waals surface area contributed by atoms with Crippen LogP contribution in [0.4, 0.5) is 0 Å². The summed E-state index contributed by atoms with van der Waals surface area (Å²) in [5, 5.41) is 3.48. The van der Waals surface area contributed by atoms with Crippen molar-refractivity contribution in [3.8, 4) is 5.75 Å². The van der Waals surface area contributed by atoms with Crippen molar-refractivity contribution in [2.75, 3.05) is 14.2 Å². The molecule has 0 fully saturated rings. The van der Waals surface area contributed by atoms with E-state index in [1.54, 1.807) is 44.4 Å². The minimum Gasteiger partial charge on any atom is -0.497 e. The van der Waals surface area contributed by atoms with Gasteiger partial charge in [-0.05, 0) is 36.8 Å². The molecule has 7 heteroatoms. The van der Waals surface area contributed by atoms with E-state index in [1.807, 2.05) is 12.1 Å². The third-order valence-corrected chi connectivity index (χ3v) is 5.03. The normalized spacial score (nSPS) is 11.6. The Kier molecular flexibility index (Phi) is 7.51. The van der Waals surface area contributed by atoms with Gasteiger partial charge in [0, 0.05) is 29.2 Å². The maximum Gasteiger partial charge on any atom is 0.242 e. The lowest BCUT2D eigenvalue weighted by Gasteiger charge is -2.29. The van der Waals surface area contributed by atoms with Crippen molar-refractivity contribution in [1.82, 2.24) is 10.2 Å². The van der Waals surface area contributed by atoms with Crippen LogP contribution in [0.3, 0.4) is 0 Å². The van der Waals surface area contributed by atoms with Gasteiger partial charge in [0.1, 0.15) is 11.8 Å². The predicted molar refractivity (Wildman–Crippen MR) is 107 cm³/mol. The summed E-state index contributed by atoms with van der Waals surface area (Å²) >= 11 is 12.5. The Hall–Kier alpha value is -2.24. The Morgan fingerprint density at radius 1 is 1.11 bits per heavy atom. The van der Waals surface area contributed by atoms with E-state index in [2.05, 4.69) is 5.32 Å². The SMILES string of the molecule is CNC(=O)[C@H](C)N(Cc1c(Cl)cccc1Cl)C(=O)Cc1ccc(OC)cc1. The summed E-state index contributed by atoms with van der Waals surface area (Å²) in [6.07, 6.45) is 0.146. The first-order valence-corrected chi connectivity index (χ1v) is 9.19. The summed E-state index contributed by atoms with van der Waals surface area (Å²) < 4.78 is 5.13. The maximum atomic E-state index is 13.0. The summed E-state index contributed by atoms with van der Waals surface area (Å²) in [5.74, 6) is 0.248. The third-order valence-electron chi connectivity index (χ3n) is 4.32. The topological polar surface area (TPSA) is 58.6 Å². The molecule has 0 saturated carbocycles. The molecular formula is C20H22Cl2N2O3. The van der Waals surface area contributed by atoms with E-state index >= 15 is 0 Å². The zero-order valence-corrected chi connectivity index (χ0v) is 17.0. The Morgan fingerprint density at radius 2 is 1.70 bits per heavy atom. The lowest BCUT2D eigenvalue weighted by Crippen LogP contribution is -2.47. The molecule has 2 aromatic rings. The fraction of sp³-hybridized carbons (Fsp3) is 0.300. The lowest BCUT2D eigenvalue weighted by molar-refractivity contribution is -0.139. The van der Waals surface area contributed by atoms with Crippen molar-refractivity contribution < 1.29 is 14.3 Å².